The number of hydrogen-bond acceptors (Lipinski definition) is 5. The van der Waals surface area contributed by atoms with Crippen molar-refractivity contribution in [1.29, 1.82) is 0 Å². The number of carboxylic acids is 1. The second-order valence-electron chi connectivity index (χ2n) is 5.36. The minimum atomic E-state index is -1.03. The molecule has 1 aliphatic heterocycles. The van der Waals surface area contributed by atoms with Crippen LogP contribution in [0.2, 0.25) is 0 Å². The van der Waals surface area contributed by atoms with Gasteiger partial charge in [-0.25, -0.2) is 4.79 Å². The Hall–Kier alpha value is -2.21. The van der Waals surface area contributed by atoms with Crippen molar-refractivity contribution in [1.82, 2.24) is 15.1 Å². The van der Waals surface area contributed by atoms with E-state index in [4.69, 9.17) is 0 Å². The molecule has 0 atom stereocenters. The molecular formula is C15H18N4O2. The molecule has 0 bridgehead atoms. The third-order valence-corrected chi connectivity index (χ3v) is 3.88. The SMILES string of the molecule is CN1CCCN(c2c(C(=O)O)nnc3ccccc23)CC1. The number of carbonyl (C=O) groups is 1. The number of likely N-dealkylation sites (N-methyl/N-ethyl adjacent to an activating group) is 1. The fraction of sp³-hybridized carbons (Fsp3) is 0.400. The van der Waals surface area contributed by atoms with E-state index in [0.717, 1.165) is 43.5 Å². The lowest BCUT2D eigenvalue weighted by molar-refractivity contribution is 0.0690. The zero-order valence-corrected chi connectivity index (χ0v) is 12.0. The van der Waals surface area contributed by atoms with Gasteiger partial charge in [0.05, 0.1) is 11.2 Å². The summed E-state index contributed by atoms with van der Waals surface area (Å²) in [5.74, 6) is -1.03. The highest BCUT2D eigenvalue weighted by Gasteiger charge is 2.23. The fourth-order valence-corrected chi connectivity index (χ4v) is 2.77. The van der Waals surface area contributed by atoms with Crippen molar-refractivity contribution in [3.63, 3.8) is 0 Å². The van der Waals surface area contributed by atoms with E-state index in [1.54, 1.807) is 0 Å². The van der Waals surface area contributed by atoms with Crippen molar-refractivity contribution in [2.24, 2.45) is 0 Å². The zero-order valence-electron chi connectivity index (χ0n) is 12.0. The highest BCUT2D eigenvalue weighted by atomic mass is 16.4. The van der Waals surface area contributed by atoms with Crippen LogP contribution in [0.5, 0.6) is 0 Å². The monoisotopic (exact) mass is 286 g/mol. The number of aromatic nitrogens is 2. The van der Waals surface area contributed by atoms with E-state index in [1.807, 2.05) is 24.3 Å². The normalized spacial score (nSPS) is 16.9. The van der Waals surface area contributed by atoms with Gasteiger partial charge in [-0.2, -0.15) is 0 Å². The third kappa shape index (κ3) is 2.67. The summed E-state index contributed by atoms with van der Waals surface area (Å²) in [4.78, 5) is 15.9. The number of carboxylic acid groups (broad SMARTS) is 1. The van der Waals surface area contributed by atoms with Crippen molar-refractivity contribution < 1.29 is 9.90 Å². The predicted octanol–water partition coefficient (Wildman–Crippen LogP) is 1.47. The molecule has 6 nitrogen and oxygen atoms in total. The van der Waals surface area contributed by atoms with E-state index in [-0.39, 0.29) is 5.69 Å². The van der Waals surface area contributed by atoms with Crippen LogP contribution < -0.4 is 4.90 Å². The van der Waals surface area contributed by atoms with E-state index in [0.29, 0.717) is 5.69 Å². The molecule has 2 aromatic rings. The summed E-state index contributed by atoms with van der Waals surface area (Å²) in [7, 11) is 2.09. The largest absolute Gasteiger partial charge is 0.476 e. The third-order valence-electron chi connectivity index (χ3n) is 3.88. The molecule has 1 aromatic heterocycles. The summed E-state index contributed by atoms with van der Waals surface area (Å²) >= 11 is 0. The Kier molecular flexibility index (Phi) is 3.70. The molecule has 0 spiro atoms. The first-order valence-electron chi connectivity index (χ1n) is 7.09. The molecule has 0 saturated carbocycles. The van der Waals surface area contributed by atoms with Gasteiger partial charge in [-0.3, -0.25) is 0 Å². The van der Waals surface area contributed by atoms with Gasteiger partial charge < -0.3 is 14.9 Å². The van der Waals surface area contributed by atoms with Gasteiger partial charge in [-0.05, 0) is 26.1 Å². The standard InChI is InChI=1S/C15H18N4O2/c1-18-7-4-8-19(10-9-18)14-11-5-2-3-6-12(11)16-17-13(14)15(20)21/h2-3,5-6H,4,7-10H2,1H3,(H,20,21). The average Bonchev–Trinajstić information content (AvgIpc) is 2.70. The Bertz CT molecular complexity index is 674. The molecule has 2 heterocycles. The molecule has 21 heavy (non-hydrogen) atoms. The van der Waals surface area contributed by atoms with E-state index in [9.17, 15) is 9.90 Å². The molecule has 1 fully saturated rings. The van der Waals surface area contributed by atoms with Crippen LogP contribution in [0.25, 0.3) is 10.9 Å². The Morgan fingerprint density at radius 2 is 1.95 bits per heavy atom. The number of anilines is 1. The number of hydrogen-bond donors (Lipinski definition) is 1. The van der Waals surface area contributed by atoms with Crippen LogP contribution in [0.1, 0.15) is 16.9 Å². The molecule has 0 unspecified atom stereocenters. The first-order valence-corrected chi connectivity index (χ1v) is 7.09. The lowest BCUT2D eigenvalue weighted by Gasteiger charge is -2.25. The molecular weight excluding hydrogens is 268 g/mol. The number of nitrogens with zero attached hydrogens (tertiary/aromatic N) is 4. The second kappa shape index (κ2) is 5.65. The second-order valence-corrected chi connectivity index (χ2v) is 5.36. The minimum absolute atomic E-state index is 0.0400. The molecule has 1 N–H and O–H groups in total. The summed E-state index contributed by atoms with van der Waals surface area (Å²) < 4.78 is 0. The quantitative estimate of drug-likeness (QED) is 0.901. The molecule has 1 saturated heterocycles. The number of rotatable bonds is 2. The van der Waals surface area contributed by atoms with Crippen LogP contribution in [0, 0.1) is 0 Å². The van der Waals surface area contributed by atoms with Gasteiger partial charge in [0.15, 0.2) is 5.69 Å². The Labute approximate surface area is 123 Å². The van der Waals surface area contributed by atoms with Crippen molar-refractivity contribution in [2.75, 3.05) is 38.1 Å². The van der Waals surface area contributed by atoms with Crippen LogP contribution in [0.15, 0.2) is 24.3 Å². The van der Waals surface area contributed by atoms with Gasteiger partial charge in [0.1, 0.15) is 0 Å². The molecule has 1 aliphatic rings. The van der Waals surface area contributed by atoms with E-state index in [2.05, 4.69) is 27.0 Å². The molecule has 110 valence electrons. The number of fused-ring (bicyclic) bond motifs is 1. The van der Waals surface area contributed by atoms with Crippen LogP contribution >= 0.6 is 0 Å². The number of benzene rings is 1. The van der Waals surface area contributed by atoms with Gasteiger partial charge in [0.2, 0.25) is 0 Å². The molecule has 0 radical (unpaired) electrons. The van der Waals surface area contributed by atoms with Crippen LogP contribution in [-0.2, 0) is 0 Å². The maximum absolute atomic E-state index is 11.5. The smallest absolute Gasteiger partial charge is 0.358 e. The van der Waals surface area contributed by atoms with Gasteiger partial charge in [-0.15, -0.1) is 10.2 Å². The summed E-state index contributed by atoms with van der Waals surface area (Å²) in [6.45, 7) is 3.57. The first kappa shape index (κ1) is 13.8. The highest BCUT2D eigenvalue weighted by molar-refractivity contribution is 6.02. The van der Waals surface area contributed by atoms with Gasteiger partial charge in [0, 0.05) is 25.0 Å². The molecule has 3 rings (SSSR count). The van der Waals surface area contributed by atoms with Crippen LogP contribution in [0.4, 0.5) is 5.69 Å². The van der Waals surface area contributed by atoms with Crippen molar-refractivity contribution in [3.8, 4) is 0 Å². The average molecular weight is 286 g/mol. The van der Waals surface area contributed by atoms with Crippen molar-refractivity contribution >= 4 is 22.6 Å². The fourth-order valence-electron chi connectivity index (χ4n) is 2.77. The van der Waals surface area contributed by atoms with E-state index < -0.39 is 5.97 Å². The lowest BCUT2D eigenvalue weighted by atomic mass is 10.1. The molecule has 0 aliphatic carbocycles. The molecule has 0 amide bonds. The van der Waals surface area contributed by atoms with Crippen molar-refractivity contribution in [3.05, 3.63) is 30.0 Å². The predicted molar refractivity (Wildman–Crippen MR) is 80.8 cm³/mol. The van der Waals surface area contributed by atoms with Crippen LogP contribution in [0.3, 0.4) is 0 Å². The first-order chi connectivity index (χ1) is 10.2. The summed E-state index contributed by atoms with van der Waals surface area (Å²) in [6.07, 6.45) is 1.01. The van der Waals surface area contributed by atoms with Gasteiger partial charge >= 0.3 is 5.97 Å². The van der Waals surface area contributed by atoms with Gasteiger partial charge in [0.25, 0.3) is 0 Å². The Morgan fingerprint density at radius 1 is 1.14 bits per heavy atom. The zero-order chi connectivity index (χ0) is 14.8. The minimum Gasteiger partial charge on any atom is -0.476 e. The van der Waals surface area contributed by atoms with Gasteiger partial charge in [-0.1, -0.05) is 18.2 Å². The van der Waals surface area contributed by atoms with E-state index >= 15 is 0 Å². The Morgan fingerprint density at radius 3 is 2.76 bits per heavy atom. The molecule has 1 aromatic carbocycles. The molecule has 6 heteroatoms. The summed E-state index contributed by atoms with van der Waals surface area (Å²) in [5, 5.41) is 18.2. The number of aromatic carboxylic acids is 1. The van der Waals surface area contributed by atoms with Crippen LogP contribution in [-0.4, -0.2) is 59.4 Å². The topological polar surface area (TPSA) is 69.6 Å². The Balaban J connectivity index is 2.13. The van der Waals surface area contributed by atoms with Crippen molar-refractivity contribution in [2.45, 2.75) is 6.42 Å². The lowest BCUT2D eigenvalue weighted by Crippen LogP contribution is -2.30. The summed E-state index contributed by atoms with van der Waals surface area (Å²) in [5.41, 5.74) is 1.47. The maximum Gasteiger partial charge on any atom is 0.358 e. The highest BCUT2D eigenvalue weighted by Crippen LogP contribution is 2.29. The summed E-state index contributed by atoms with van der Waals surface area (Å²) in [6, 6.07) is 7.57. The van der Waals surface area contributed by atoms with E-state index in [1.165, 1.54) is 0 Å². The maximum atomic E-state index is 11.5.